The van der Waals surface area contributed by atoms with E-state index in [1.54, 1.807) is 5.57 Å². The number of hydrogen-bond donors (Lipinski definition) is 1. The summed E-state index contributed by atoms with van der Waals surface area (Å²) < 4.78 is 0. The second-order valence-corrected chi connectivity index (χ2v) is 9.38. The molecule has 0 saturated heterocycles. The first-order valence-corrected chi connectivity index (χ1v) is 9.41. The molecule has 0 spiro atoms. The molecule has 0 aromatic carbocycles. The summed E-state index contributed by atoms with van der Waals surface area (Å²) in [6, 6.07) is 0. The fourth-order valence-electron chi connectivity index (χ4n) is 7.02. The number of allylic oxidation sites excluding steroid dienone is 3. The lowest BCUT2D eigenvalue weighted by Crippen LogP contribution is -2.54. The Bertz CT molecular complexity index is 542. The third-order valence-corrected chi connectivity index (χ3v) is 8.54. The third-order valence-electron chi connectivity index (χ3n) is 8.54. The highest BCUT2D eigenvalue weighted by atomic mass is 16.3. The van der Waals surface area contributed by atoms with E-state index in [0.717, 1.165) is 18.3 Å². The largest absolute Gasteiger partial charge is 0.390 e. The molecule has 6 atom stereocenters. The van der Waals surface area contributed by atoms with Gasteiger partial charge in [-0.05, 0) is 92.4 Å². The van der Waals surface area contributed by atoms with Gasteiger partial charge < -0.3 is 5.11 Å². The van der Waals surface area contributed by atoms with Crippen LogP contribution in [0.4, 0.5) is 0 Å². The Hall–Kier alpha value is -0.560. The van der Waals surface area contributed by atoms with Crippen molar-refractivity contribution in [3.63, 3.8) is 0 Å². The van der Waals surface area contributed by atoms with E-state index in [1.165, 1.54) is 50.5 Å². The predicted molar refractivity (Wildman–Crippen MR) is 91.5 cm³/mol. The van der Waals surface area contributed by atoms with Crippen LogP contribution in [0.15, 0.2) is 23.8 Å². The van der Waals surface area contributed by atoms with E-state index in [-0.39, 0.29) is 5.41 Å². The highest BCUT2D eigenvalue weighted by Crippen LogP contribution is 2.68. The molecule has 22 heavy (non-hydrogen) atoms. The summed E-state index contributed by atoms with van der Waals surface area (Å²) in [6.07, 6.45) is 12.3. The van der Waals surface area contributed by atoms with Crippen LogP contribution in [-0.4, -0.2) is 10.7 Å². The number of aliphatic hydroxyl groups is 1. The predicted octanol–water partition coefficient (Wildman–Crippen LogP) is 5.26. The van der Waals surface area contributed by atoms with Crippen LogP contribution < -0.4 is 0 Å². The first-order chi connectivity index (χ1) is 10.3. The second kappa shape index (κ2) is 4.50. The van der Waals surface area contributed by atoms with E-state index in [9.17, 15) is 5.11 Å². The highest BCUT2D eigenvalue weighted by molar-refractivity contribution is 5.40. The fourth-order valence-corrected chi connectivity index (χ4v) is 7.02. The van der Waals surface area contributed by atoms with Crippen molar-refractivity contribution in [1.29, 1.82) is 0 Å². The summed E-state index contributed by atoms with van der Waals surface area (Å²) in [4.78, 5) is 0. The van der Waals surface area contributed by atoms with E-state index in [0.29, 0.717) is 11.3 Å². The lowest BCUT2D eigenvalue weighted by atomic mass is 9.46. The van der Waals surface area contributed by atoms with Crippen LogP contribution >= 0.6 is 0 Å². The van der Waals surface area contributed by atoms with Crippen molar-refractivity contribution in [1.82, 2.24) is 0 Å². The minimum Gasteiger partial charge on any atom is -0.390 e. The smallest absolute Gasteiger partial charge is 0.0675 e. The van der Waals surface area contributed by atoms with Gasteiger partial charge in [0.25, 0.3) is 0 Å². The van der Waals surface area contributed by atoms with E-state index in [4.69, 9.17) is 0 Å². The van der Waals surface area contributed by atoms with Gasteiger partial charge in [-0.1, -0.05) is 32.1 Å². The zero-order valence-corrected chi connectivity index (χ0v) is 14.6. The van der Waals surface area contributed by atoms with Gasteiger partial charge in [0, 0.05) is 0 Å². The van der Waals surface area contributed by atoms with E-state index in [2.05, 4.69) is 33.4 Å². The van der Waals surface area contributed by atoms with Crippen molar-refractivity contribution in [2.45, 2.75) is 77.7 Å². The fraction of sp³-hybridized carbons (Fsp3) is 0.810. The maximum atomic E-state index is 11.0. The molecule has 1 nitrogen and oxygen atoms in total. The van der Waals surface area contributed by atoms with Crippen molar-refractivity contribution in [3.8, 4) is 0 Å². The molecule has 4 aliphatic rings. The van der Waals surface area contributed by atoms with Crippen LogP contribution in [0.25, 0.3) is 0 Å². The normalized spacial score (nSPS) is 54.3. The third kappa shape index (κ3) is 1.70. The van der Waals surface area contributed by atoms with Gasteiger partial charge in [0.2, 0.25) is 0 Å². The maximum Gasteiger partial charge on any atom is 0.0675 e. The van der Waals surface area contributed by atoms with Crippen molar-refractivity contribution in [2.24, 2.45) is 28.6 Å². The average Bonchev–Trinajstić information content (AvgIpc) is 2.70. The van der Waals surface area contributed by atoms with Gasteiger partial charge in [-0.2, -0.15) is 0 Å². The summed E-state index contributed by atoms with van der Waals surface area (Å²) in [6.45, 7) is 11.5. The molecule has 1 heteroatoms. The van der Waals surface area contributed by atoms with Gasteiger partial charge in [-0.3, -0.25) is 0 Å². The Labute approximate surface area is 135 Å². The molecule has 0 unspecified atom stereocenters. The molecule has 4 rings (SSSR count). The molecule has 1 N–H and O–H groups in total. The summed E-state index contributed by atoms with van der Waals surface area (Å²) in [5.41, 5.74) is 3.05. The van der Waals surface area contributed by atoms with Gasteiger partial charge in [-0.25, -0.2) is 0 Å². The minimum atomic E-state index is -0.465. The Balaban J connectivity index is 1.74. The van der Waals surface area contributed by atoms with Crippen molar-refractivity contribution in [3.05, 3.63) is 23.8 Å². The molecule has 0 amide bonds. The van der Waals surface area contributed by atoms with Crippen LogP contribution in [0.3, 0.4) is 0 Å². The number of rotatable bonds is 0. The topological polar surface area (TPSA) is 20.2 Å². The lowest BCUT2D eigenvalue weighted by Gasteiger charge is -2.59. The highest BCUT2D eigenvalue weighted by Gasteiger charge is 2.62. The molecular formula is C21H32O. The van der Waals surface area contributed by atoms with Crippen molar-refractivity contribution < 1.29 is 5.11 Å². The van der Waals surface area contributed by atoms with Gasteiger partial charge in [0.15, 0.2) is 0 Å². The molecule has 0 aromatic heterocycles. The number of fused-ring (bicyclic) bond motifs is 5. The van der Waals surface area contributed by atoms with Crippen LogP contribution in [0.5, 0.6) is 0 Å². The zero-order chi connectivity index (χ0) is 15.8. The molecule has 4 aliphatic carbocycles. The zero-order valence-electron chi connectivity index (χ0n) is 14.6. The lowest BCUT2D eigenvalue weighted by molar-refractivity contribution is -0.113. The SMILES string of the molecule is C=C1C[C@@H]2[C@H](CC[C@@]3(C)[C@H]2CC[C@]3(C)O)[C@@]2(C)CCCC=C12. The van der Waals surface area contributed by atoms with Crippen LogP contribution in [0.2, 0.25) is 0 Å². The molecule has 0 aromatic rings. The van der Waals surface area contributed by atoms with Gasteiger partial charge >= 0.3 is 0 Å². The Kier molecular flexibility index (Phi) is 3.07. The van der Waals surface area contributed by atoms with Gasteiger partial charge in [-0.15, -0.1) is 0 Å². The Morgan fingerprint density at radius 2 is 1.82 bits per heavy atom. The Morgan fingerprint density at radius 3 is 2.59 bits per heavy atom. The number of hydrogen-bond acceptors (Lipinski definition) is 1. The molecule has 3 saturated carbocycles. The molecule has 0 heterocycles. The van der Waals surface area contributed by atoms with Gasteiger partial charge in [0.1, 0.15) is 0 Å². The monoisotopic (exact) mass is 300 g/mol. The van der Waals surface area contributed by atoms with Gasteiger partial charge in [0.05, 0.1) is 5.60 Å². The first-order valence-electron chi connectivity index (χ1n) is 9.41. The maximum absolute atomic E-state index is 11.0. The van der Waals surface area contributed by atoms with Crippen molar-refractivity contribution in [2.75, 3.05) is 0 Å². The average molecular weight is 300 g/mol. The van der Waals surface area contributed by atoms with E-state index in [1.807, 2.05) is 0 Å². The summed E-state index contributed by atoms with van der Waals surface area (Å²) in [5, 5.41) is 11.0. The quantitative estimate of drug-likeness (QED) is 0.647. The molecular weight excluding hydrogens is 268 g/mol. The summed E-state index contributed by atoms with van der Waals surface area (Å²) >= 11 is 0. The molecule has 0 aliphatic heterocycles. The van der Waals surface area contributed by atoms with E-state index >= 15 is 0 Å². The van der Waals surface area contributed by atoms with Crippen LogP contribution in [0, 0.1) is 28.6 Å². The van der Waals surface area contributed by atoms with E-state index < -0.39 is 5.60 Å². The molecule has 3 fully saturated rings. The van der Waals surface area contributed by atoms with Crippen molar-refractivity contribution >= 4 is 0 Å². The first kappa shape index (κ1) is 15.0. The standard InChI is InChI=1S/C21H32O/c1-14-13-15-17(19(2)10-6-5-7-16(14)19)8-11-20(3)18(15)9-12-21(20,4)22/h7,15,17-18,22H,1,5-6,8-13H2,2-4H3/t15-,17+,18+,19+,20+,21+/m1/s1. The summed E-state index contributed by atoms with van der Waals surface area (Å²) in [7, 11) is 0. The second-order valence-electron chi connectivity index (χ2n) is 9.38. The summed E-state index contributed by atoms with van der Waals surface area (Å²) in [5.74, 6) is 2.26. The Morgan fingerprint density at radius 1 is 1.09 bits per heavy atom. The molecule has 122 valence electrons. The molecule has 0 radical (unpaired) electrons. The van der Waals surface area contributed by atoms with Crippen LogP contribution in [0.1, 0.15) is 72.1 Å². The van der Waals surface area contributed by atoms with Crippen LogP contribution in [-0.2, 0) is 0 Å². The minimum absolute atomic E-state index is 0.126. The molecule has 0 bridgehead atoms.